The Hall–Kier alpha value is -2.38. The highest BCUT2D eigenvalue weighted by Gasteiger charge is 2.25. The number of anilines is 1. The summed E-state index contributed by atoms with van der Waals surface area (Å²) >= 11 is 1.54. The second-order valence-corrected chi connectivity index (χ2v) is 8.17. The molecule has 0 atom stereocenters. The van der Waals surface area contributed by atoms with Crippen LogP contribution in [0.1, 0.15) is 46.5 Å². The molecule has 0 saturated heterocycles. The number of amides is 2. The van der Waals surface area contributed by atoms with E-state index in [9.17, 15) is 9.59 Å². The monoisotopic (exact) mass is 401 g/mol. The van der Waals surface area contributed by atoms with E-state index >= 15 is 0 Å². The van der Waals surface area contributed by atoms with Crippen molar-refractivity contribution < 1.29 is 14.3 Å². The molecule has 1 aromatic carbocycles. The molecule has 28 heavy (non-hydrogen) atoms. The van der Waals surface area contributed by atoms with E-state index in [1.54, 1.807) is 19.1 Å². The van der Waals surface area contributed by atoms with Gasteiger partial charge < -0.3 is 10.1 Å². The summed E-state index contributed by atoms with van der Waals surface area (Å²) in [4.78, 5) is 26.5. The highest BCUT2D eigenvalue weighted by Crippen LogP contribution is 2.37. The molecule has 0 fully saturated rings. The molecule has 1 aliphatic rings. The molecular formula is C21H27N3O3S. The molecule has 0 spiro atoms. The lowest BCUT2D eigenvalue weighted by Gasteiger charge is -2.14. The molecular weight excluding hydrogens is 374 g/mol. The minimum Gasteiger partial charge on any atom is -0.493 e. The number of carbonyl (C=O) groups is 2. The summed E-state index contributed by atoms with van der Waals surface area (Å²) < 4.78 is 5.60. The molecule has 7 heteroatoms. The van der Waals surface area contributed by atoms with Crippen molar-refractivity contribution in [2.75, 3.05) is 26.0 Å². The van der Waals surface area contributed by atoms with Crippen LogP contribution in [0.5, 0.6) is 5.75 Å². The molecule has 0 aliphatic heterocycles. The van der Waals surface area contributed by atoms with Crippen LogP contribution in [0.25, 0.3) is 0 Å². The number of fused-ring (bicyclic) bond motifs is 1. The zero-order chi connectivity index (χ0) is 19.9. The average molecular weight is 402 g/mol. The van der Waals surface area contributed by atoms with E-state index in [-0.39, 0.29) is 18.2 Å². The van der Waals surface area contributed by atoms with E-state index in [4.69, 9.17) is 4.74 Å². The highest BCUT2D eigenvalue weighted by atomic mass is 32.1. The first-order valence-electron chi connectivity index (χ1n) is 9.65. The summed E-state index contributed by atoms with van der Waals surface area (Å²) in [7, 11) is 3.56. The number of para-hydroxylation sites is 1. The minimum atomic E-state index is -0.166. The van der Waals surface area contributed by atoms with Gasteiger partial charge in [0.1, 0.15) is 10.8 Å². The Labute approximate surface area is 169 Å². The largest absolute Gasteiger partial charge is 0.493 e. The molecule has 2 N–H and O–H groups in total. The maximum atomic E-state index is 12.8. The van der Waals surface area contributed by atoms with Gasteiger partial charge in [0.25, 0.3) is 5.91 Å². The second-order valence-electron chi connectivity index (χ2n) is 7.06. The third-order valence-corrected chi connectivity index (χ3v) is 5.77. The van der Waals surface area contributed by atoms with Gasteiger partial charge in [-0.25, -0.2) is 5.01 Å². The summed E-state index contributed by atoms with van der Waals surface area (Å²) in [6.07, 6.45) is 5.45. The van der Waals surface area contributed by atoms with Gasteiger partial charge in [-0.1, -0.05) is 24.6 Å². The third kappa shape index (κ3) is 5.33. The van der Waals surface area contributed by atoms with Crippen LogP contribution in [0.4, 0.5) is 5.00 Å². The van der Waals surface area contributed by atoms with Gasteiger partial charge >= 0.3 is 0 Å². The third-order valence-electron chi connectivity index (χ3n) is 4.57. The van der Waals surface area contributed by atoms with Crippen molar-refractivity contribution in [3.05, 3.63) is 46.3 Å². The number of aryl methyl sites for hydroxylation is 1. The maximum absolute atomic E-state index is 12.8. The lowest BCUT2D eigenvalue weighted by molar-refractivity contribution is -0.116. The summed E-state index contributed by atoms with van der Waals surface area (Å²) in [5.74, 6) is 0.427. The van der Waals surface area contributed by atoms with Crippen LogP contribution in [-0.4, -0.2) is 37.5 Å². The smallest absolute Gasteiger partial charge is 0.268 e. The Morgan fingerprint density at radius 1 is 1.11 bits per heavy atom. The number of benzene rings is 1. The fraction of sp³-hybridized carbons (Fsp3) is 0.429. The normalized spacial score (nSPS) is 13.5. The Kier molecular flexibility index (Phi) is 7.06. The Bertz CT molecular complexity index is 818. The maximum Gasteiger partial charge on any atom is 0.268 e. The van der Waals surface area contributed by atoms with E-state index < -0.39 is 0 Å². The van der Waals surface area contributed by atoms with Crippen LogP contribution < -0.4 is 15.5 Å². The van der Waals surface area contributed by atoms with Gasteiger partial charge in [0, 0.05) is 19.0 Å². The first-order chi connectivity index (χ1) is 13.5. The van der Waals surface area contributed by atoms with Gasteiger partial charge in [-0.15, -0.1) is 11.3 Å². The lowest BCUT2D eigenvalue weighted by Crippen LogP contribution is -2.36. The SMILES string of the molecule is CN(C)NC(=O)c1c(NC(=O)CCOc2ccccc2)sc2c1CCCCC2. The van der Waals surface area contributed by atoms with Crippen LogP contribution in [-0.2, 0) is 17.6 Å². The molecule has 2 aromatic rings. The number of hydrogen-bond acceptors (Lipinski definition) is 5. The zero-order valence-corrected chi connectivity index (χ0v) is 17.2. The molecule has 1 heterocycles. The van der Waals surface area contributed by atoms with Crippen molar-refractivity contribution >= 4 is 28.2 Å². The Morgan fingerprint density at radius 3 is 2.61 bits per heavy atom. The second kappa shape index (κ2) is 9.71. The first kappa shape index (κ1) is 20.4. The van der Waals surface area contributed by atoms with Crippen molar-refractivity contribution in [1.29, 1.82) is 0 Å². The number of ether oxygens (including phenoxy) is 1. The number of hydrazine groups is 1. The van der Waals surface area contributed by atoms with E-state index in [0.717, 1.165) is 37.0 Å². The predicted octanol–water partition coefficient (Wildman–Crippen LogP) is 3.63. The summed E-state index contributed by atoms with van der Waals surface area (Å²) in [6.45, 7) is 0.292. The van der Waals surface area contributed by atoms with Gasteiger partial charge in [-0.3, -0.25) is 15.0 Å². The number of nitrogens with zero attached hydrogens (tertiary/aromatic N) is 1. The Morgan fingerprint density at radius 2 is 1.86 bits per heavy atom. The minimum absolute atomic E-state index is 0.147. The van der Waals surface area contributed by atoms with Crippen LogP contribution in [0.2, 0.25) is 0 Å². The van der Waals surface area contributed by atoms with Crippen molar-refractivity contribution in [3.8, 4) is 5.75 Å². The van der Waals surface area contributed by atoms with Gasteiger partial charge in [0.2, 0.25) is 5.91 Å². The fourth-order valence-electron chi connectivity index (χ4n) is 3.30. The van der Waals surface area contributed by atoms with Crippen molar-refractivity contribution in [3.63, 3.8) is 0 Å². The van der Waals surface area contributed by atoms with Crippen LogP contribution in [0.15, 0.2) is 30.3 Å². The number of nitrogens with one attached hydrogen (secondary N) is 2. The lowest BCUT2D eigenvalue weighted by atomic mass is 10.1. The molecule has 6 nitrogen and oxygen atoms in total. The van der Waals surface area contributed by atoms with E-state index in [1.807, 2.05) is 30.3 Å². The number of carbonyl (C=O) groups excluding carboxylic acids is 2. The van der Waals surface area contributed by atoms with Gasteiger partial charge in [-0.05, 0) is 43.4 Å². The number of hydrogen-bond donors (Lipinski definition) is 2. The van der Waals surface area contributed by atoms with Gasteiger partial charge in [0.05, 0.1) is 18.6 Å². The van der Waals surface area contributed by atoms with Gasteiger partial charge in [0.15, 0.2) is 0 Å². The summed E-state index contributed by atoms with van der Waals surface area (Å²) in [6, 6.07) is 9.42. The molecule has 0 radical (unpaired) electrons. The van der Waals surface area contributed by atoms with Crippen molar-refractivity contribution in [2.24, 2.45) is 0 Å². The number of rotatable bonds is 7. The number of thiophene rings is 1. The molecule has 1 aromatic heterocycles. The summed E-state index contributed by atoms with van der Waals surface area (Å²) in [5, 5.41) is 5.23. The molecule has 1 aliphatic carbocycles. The predicted molar refractivity (Wildman–Crippen MR) is 112 cm³/mol. The summed E-state index contributed by atoms with van der Waals surface area (Å²) in [5.41, 5.74) is 4.53. The Balaban J connectivity index is 1.69. The first-order valence-corrected chi connectivity index (χ1v) is 10.5. The highest BCUT2D eigenvalue weighted by molar-refractivity contribution is 7.17. The molecule has 0 unspecified atom stereocenters. The fourth-order valence-corrected chi connectivity index (χ4v) is 4.60. The quantitative estimate of drug-likeness (QED) is 0.549. The van der Waals surface area contributed by atoms with E-state index in [0.29, 0.717) is 17.2 Å². The van der Waals surface area contributed by atoms with E-state index in [2.05, 4.69) is 10.7 Å². The van der Waals surface area contributed by atoms with Crippen molar-refractivity contribution in [1.82, 2.24) is 10.4 Å². The van der Waals surface area contributed by atoms with Gasteiger partial charge in [-0.2, -0.15) is 0 Å². The standard InChI is InChI=1S/C21H27N3O3S/c1-24(2)23-20(26)19-16-11-7-4-8-12-17(16)28-21(19)22-18(25)13-14-27-15-9-5-3-6-10-15/h3,5-6,9-10H,4,7-8,11-14H2,1-2H3,(H,22,25)(H,23,26). The van der Waals surface area contributed by atoms with Crippen molar-refractivity contribution in [2.45, 2.75) is 38.5 Å². The van der Waals surface area contributed by atoms with Crippen LogP contribution in [0.3, 0.4) is 0 Å². The van der Waals surface area contributed by atoms with E-state index in [1.165, 1.54) is 22.6 Å². The average Bonchev–Trinajstić information content (AvgIpc) is 2.82. The molecule has 3 rings (SSSR count). The van der Waals surface area contributed by atoms with Crippen LogP contribution >= 0.6 is 11.3 Å². The zero-order valence-electron chi connectivity index (χ0n) is 16.4. The molecule has 2 amide bonds. The molecule has 0 bridgehead atoms. The topological polar surface area (TPSA) is 70.7 Å². The van der Waals surface area contributed by atoms with Crippen LogP contribution in [0, 0.1) is 0 Å². The molecule has 150 valence electrons. The molecule has 0 saturated carbocycles.